The Morgan fingerprint density at radius 1 is 1.40 bits per heavy atom. The van der Waals surface area contributed by atoms with Crippen LogP contribution in [0, 0.1) is 13.8 Å². The second kappa shape index (κ2) is 7.85. The van der Waals surface area contributed by atoms with Crippen LogP contribution in [-0.4, -0.2) is 17.6 Å². The van der Waals surface area contributed by atoms with Crippen LogP contribution in [0.5, 0.6) is 0 Å². The van der Waals surface area contributed by atoms with Gasteiger partial charge in [-0.1, -0.05) is 19.2 Å². The number of fused-ring (bicyclic) bond motifs is 1. The lowest BCUT2D eigenvalue weighted by Gasteiger charge is -2.06. The Hall–Kier alpha value is -2.80. The summed E-state index contributed by atoms with van der Waals surface area (Å²) < 4.78 is 5.05. The van der Waals surface area contributed by atoms with E-state index in [1.807, 2.05) is 13.8 Å². The fourth-order valence-electron chi connectivity index (χ4n) is 2.33. The minimum absolute atomic E-state index is 0.289. The Kier molecular flexibility index (Phi) is 5.82. The molecule has 0 aliphatic carbocycles. The molecule has 2 N–H and O–H groups in total. The minimum Gasteiger partial charge on any atom is -0.462 e. The third-order valence-electron chi connectivity index (χ3n) is 3.49. The van der Waals surface area contributed by atoms with Gasteiger partial charge in [-0.05, 0) is 38.5 Å². The molecule has 0 unspecified atom stereocenters. The third kappa shape index (κ3) is 3.66. The second-order valence-electron chi connectivity index (χ2n) is 5.15. The van der Waals surface area contributed by atoms with Crippen LogP contribution in [0.1, 0.15) is 27.9 Å². The number of nitrogens with two attached hydrogens (primary N) is 1. The molecule has 7 heteroatoms. The maximum atomic E-state index is 12.1. The lowest BCUT2D eigenvalue weighted by atomic mass is 10.1. The number of thiophene rings is 1. The summed E-state index contributed by atoms with van der Waals surface area (Å²) >= 11 is 1.22. The van der Waals surface area contributed by atoms with Crippen molar-refractivity contribution in [2.75, 3.05) is 12.3 Å². The summed E-state index contributed by atoms with van der Waals surface area (Å²) in [6.07, 6.45) is 4.89. The maximum Gasteiger partial charge on any atom is 0.350 e. The zero-order chi connectivity index (χ0) is 18.6. The Labute approximate surface area is 150 Å². The van der Waals surface area contributed by atoms with Crippen LogP contribution in [0.25, 0.3) is 10.2 Å². The number of esters is 1. The molecule has 0 aliphatic rings. The van der Waals surface area contributed by atoms with E-state index in [2.05, 4.69) is 28.4 Å². The van der Waals surface area contributed by atoms with Crippen molar-refractivity contribution in [3.05, 3.63) is 53.2 Å². The van der Waals surface area contributed by atoms with Crippen LogP contribution in [0.2, 0.25) is 0 Å². The van der Waals surface area contributed by atoms with Crippen molar-refractivity contribution in [3.63, 3.8) is 0 Å². The van der Waals surface area contributed by atoms with E-state index in [1.165, 1.54) is 11.3 Å². The number of azo groups is 1. The van der Waals surface area contributed by atoms with Gasteiger partial charge in [-0.3, -0.25) is 0 Å². The molecule has 0 aromatic carbocycles. The van der Waals surface area contributed by atoms with E-state index in [-0.39, 0.29) is 6.61 Å². The molecule has 6 nitrogen and oxygen atoms in total. The number of ether oxygens (including phenoxy) is 1. The van der Waals surface area contributed by atoms with Crippen molar-refractivity contribution < 1.29 is 9.53 Å². The van der Waals surface area contributed by atoms with Crippen LogP contribution in [0.15, 0.2) is 47.3 Å². The topological polar surface area (TPSA) is 89.9 Å². The number of hydrogen-bond donors (Lipinski definition) is 1. The number of carbonyl (C=O) groups excluding carboxylic acids is 1. The van der Waals surface area contributed by atoms with E-state index in [0.29, 0.717) is 37.9 Å². The zero-order valence-electron chi connectivity index (χ0n) is 14.5. The molecule has 130 valence electrons. The van der Waals surface area contributed by atoms with Gasteiger partial charge in [0.15, 0.2) is 0 Å². The number of nitrogen functional groups attached to an aromatic ring is 1. The van der Waals surface area contributed by atoms with Gasteiger partial charge in [0.25, 0.3) is 0 Å². The average Bonchev–Trinajstić information content (AvgIpc) is 2.90. The van der Waals surface area contributed by atoms with Crippen molar-refractivity contribution >= 4 is 38.9 Å². The largest absolute Gasteiger partial charge is 0.462 e. The van der Waals surface area contributed by atoms with E-state index in [9.17, 15) is 4.79 Å². The number of carbonyl (C=O) groups is 1. The summed E-state index contributed by atoms with van der Waals surface area (Å²) in [4.78, 5) is 17.6. The molecule has 0 atom stereocenters. The summed E-state index contributed by atoms with van der Waals surface area (Å²) in [5, 5.41) is 9.15. The number of aryl methyl sites for hydroxylation is 2. The Bertz CT molecular complexity index is 910. The number of pyridine rings is 1. The van der Waals surface area contributed by atoms with Gasteiger partial charge in [0.2, 0.25) is 0 Å². The number of aromatic nitrogens is 1. The highest BCUT2D eigenvalue weighted by Crippen LogP contribution is 2.39. The molecule has 0 radical (unpaired) electrons. The van der Waals surface area contributed by atoms with Crippen LogP contribution in [-0.2, 0) is 4.74 Å². The summed E-state index contributed by atoms with van der Waals surface area (Å²) in [6, 6.07) is 0. The maximum absolute atomic E-state index is 12.1. The van der Waals surface area contributed by atoms with Gasteiger partial charge in [-0.15, -0.1) is 16.5 Å². The Balaban J connectivity index is 2.61. The van der Waals surface area contributed by atoms with Crippen LogP contribution >= 0.6 is 11.3 Å². The molecule has 0 spiro atoms. The molecule has 25 heavy (non-hydrogen) atoms. The number of anilines is 1. The molecular weight excluding hydrogens is 336 g/mol. The number of rotatable bonds is 6. The first kappa shape index (κ1) is 18.5. The first-order chi connectivity index (χ1) is 11.9. The fraction of sp³-hybridized carbons (Fsp3) is 0.222. The molecule has 2 rings (SSSR count). The van der Waals surface area contributed by atoms with E-state index in [4.69, 9.17) is 10.5 Å². The smallest absolute Gasteiger partial charge is 0.350 e. The van der Waals surface area contributed by atoms with Gasteiger partial charge < -0.3 is 10.5 Å². The standard InChI is InChI=1S/C18H20N4O2S/c1-6-9-12(7-2)21-22-15-10(4)13-14(19)16(18(23)24-8-3)25-17(13)20-11(15)5/h6-7,9H,1-2,8,19H2,3-5H3/b12-9+,22-21?. The molecule has 0 saturated carbocycles. The molecule has 0 saturated heterocycles. The van der Waals surface area contributed by atoms with Gasteiger partial charge in [0.1, 0.15) is 15.4 Å². The normalized spacial score (nSPS) is 11.9. The second-order valence-corrected chi connectivity index (χ2v) is 6.15. The fourth-order valence-corrected chi connectivity index (χ4v) is 3.43. The molecule has 0 aliphatic heterocycles. The van der Waals surface area contributed by atoms with Crippen molar-refractivity contribution in [1.29, 1.82) is 0 Å². The molecular formula is C18H20N4O2S. The van der Waals surface area contributed by atoms with E-state index >= 15 is 0 Å². The lowest BCUT2D eigenvalue weighted by Crippen LogP contribution is -2.04. The van der Waals surface area contributed by atoms with Gasteiger partial charge in [0, 0.05) is 5.39 Å². The molecule has 0 amide bonds. The summed E-state index contributed by atoms with van der Waals surface area (Å²) in [5.74, 6) is -0.439. The number of allylic oxidation sites excluding steroid dienone is 3. The van der Waals surface area contributed by atoms with E-state index in [1.54, 1.807) is 25.2 Å². The van der Waals surface area contributed by atoms with Crippen molar-refractivity contribution in [3.8, 4) is 0 Å². The predicted molar refractivity (Wildman–Crippen MR) is 102 cm³/mol. The van der Waals surface area contributed by atoms with Gasteiger partial charge in [0.05, 0.1) is 23.7 Å². The first-order valence-electron chi connectivity index (χ1n) is 7.67. The van der Waals surface area contributed by atoms with Crippen molar-refractivity contribution in [2.24, 2.45) is 10.2 Å². The van der Waals surface area contributed by atoms with Gasteiger partial charge >= 0.3 is 5.97 Å². The molecule has 2 heterocycles. The monoisotopic (exact) mass is 356 g/mol. The quantitative estimate of drug-likeness (QED) is 0.447. The zero-order valence-corrected chi connectivity index (χ0v) is 15.3. The highest BCUT2D eigenvalue weighted by molar-refractivity contribution is 7.21. The summed E-state index contributed by atoms with van der Waals surface area (Å²) in [6.45, 7) is 13.1. The van der Waals surface area contributed by atoms with Gasteiger partial charge in [-0.2, -0.15) is 5.11 Å². The lowest BCUT2D eigenvalue weighted by molar-refractivity contribution is 0.0533. The van der Waals surface area contributed by atoms with Crippen molar-refractivity contribution in [2.45, 2.75) is 20.8 Å². The SMILES string of the molecule is C=C/C=C(\C=C)N=Nc1c(C)nc2sc(C(=O)OCC)c(N)c2c1C. The molecule has 0 bridgehead atoms. The van der Waals surface area contributed by atoms with Crippen molar-refractivity contribution in [1.82, 2.24) is 4.98 Å². The minimum atomic E-state index is -0.439. The first-order valence-corrected chi connectivity index (χ1v) is 8.49. The van der Waals surface area contributed by atoms with Crippen LogP contribution < -0.4 is 5.73 Å². The third-order valence-corrected chi connectivity index (χ3v) is 4.57. The highest BCUT2D eigenvalue weighted by Gasteiger charge is 2.22. The number of nitrogens with zero attached hydrogens (tertiary/aromatic N) is 3. The number of hydrogen-bond acceptors (Lipinski definition) is 7. The predicted octanol–water partition coefficient (Wildman–Crippen LogP) is 5.01. The average molecular weight is 356 g/mol. The molecule has 2 aromatic rings. The summed E-state index contributed by atoms with van der Waals surface area (Å²) in [7, 11) is 0. The highest BCUT2D eigenvalue weighted by atomic mass is 32.1. The van der Waals surface area contributed by atoms with E-state index < -0.39 is 5.97 Å². The van der Waals surface area contributed by atoms with E-state index in [0.717, 1.165) is 5.56 Å². The summed E-state index contributed by atoms with van der Waals surface area (Å²) in [5.41, 5.74) is 9.26. The van der Waals surface area contributed by atoms with Gasteiger partial charge in [-0.25, -0.2) is 9.78 Å². The molecule has 2 aromatic heterocycles. The molecule has 0 fully saturated rings. The Morgan fingerprint density at radius 3 is 2.72 bits per heavy atom. The Morgan fingerprint density at radius 2 is 2.12 bits per heavy atom. The van der Waals surface area contributed by atoms with Crippen LogP contribution in [0.4, 0.5) is 11.4 Å². The van der Waals surface area contributed by atoms with Crippen LogP contribution in [0.3, 0.4) is 0 Å².